The van der Waals surface area contributed by atoms with E-state index in [4.69, 9.17) is 5.73 Å². The molecule has 0 heterocycles. The van der Waals surface area contributed by atoms with Gasteiger partial charge < -0.3 is 11.1 Å². The van der Waals surface area contributed by atoms with E-state index in [1.807, 2.05) is 0 Å². The molecule has 3 N–H and O–H groups in total. The van der Waals surface area contributed by atoms with Crippen LogP contribution in [0.4, 0.5) is 8.78 Å². The Hall–Kier alpha value is -1.49. The van der Waals surface area contributed by atoms with Crippen LogP contribution in [0.1, 0.15) is 18.4 Å². The number of nitrogens with one attached hydrogen (secondary N) is 1. The van der Waals surface area contributed by atoms with E-state index in [1.54, 1.807) is 0 Å². The molecule has 1 aromatic rings. The zero-order chi connectivity index (χ0) is 13.2. The van der Waals surface area contributed by atoms with Crippen LogP contribution in [0.15, 0.2) is 18.2 Å². The Morgan fingerprint density at radius 2 is 2.06 bits per heavy atom. The molecule has 1 saturated carbocycles. The van der Waals surface area contributed by atoms with Crippen molar-refractivity contribution in [3.8, 4) is 0 Å². The minimum absolute atomic E-state index is 0.0346. The number of carbonyl (C=O) groups excluding carboxylic acids is 1. The van der Waals surface area contributed by atoms with Crippen molar-refractivity contribution in [1.82, 2.24) is 5.32 Å². The number of halogens is 2. The van der Waals surface area contributed by atoms with Gasteiger partial charge in [-0.3, -0.25) is 4.79 Å². The van der Waals surface area contributed by atoms with Gasteiger partial charge in [-0.1, -0.05) is 6.07 Å². The summed E-state index contributed by atoms with van der Waals surface area (Å²) < 4.78 is 25.6. The highest BCUT2D eigenvalue weighted by molar-refractivity contribution is 5.85. The summed E-state index contributed by atoms with van der Waals surface area (Å²) in [4.78, 5) is 11.7. The molecule has 1 aliphatic rings. The molecule has 0 aromatic heterocycles. The molecule has 0 aliphatic heterocycles. The summed E-state index contributed by atoms with van der Waals surface area (Å²) in [6, 6.07) is 3.76. The van der Waals surface area contributed by atoms with Gasteiger partial charge in [0, 0.05) is 13.1 Å². The monoisotopic (exact) mass is 254 g/mol. The molecule has 0 radical (unpaired) electrons. The van der Waals surface area contributed by atoms with E-state index in [9.17, 15) is 13.6 Å². The second-order valence-electron chi connectivity index (χ2n) is 4.74. The van der Waals surface area contributed by atoms with E-state index in [0.717, 1.165) is 25.0 Å². The van der Waals surface area contributed by atoms with E-state index < -0.39 is 11.6 Å². The summed E-state index contributed by atoms with van der Waals surface area (Å²) in [5, 5.41) is 2.78. The van der Waals surface area contributed by atoms with Crippen molar-refractivity contribution >= 4 is 5.91 Å². The van der Waals surface area contributed by atoms with E-state index >= 15 is 0 Å². The third-order valence-electron chi connectivity index (χ3n) is 3.41. The molecular weight excluding hydrogens is 238 g/mol. The third kappa shape index (κ3) is 2.67. The summed E-state index contributed by atoms with van der Waals surface area (Å²) in [5.74, 6) is -1.75. The van der Waals surface area contributed by atoms with Crippen LogP contribution in [-0.4, -0.2) is 19.0 Å². The minimum atomic E-state index is -0.862. The van der Waals surface area contributed by atoms with Crippen molar-refractivity contribution < 1.29 is 13.6 Å². The zero-order valence-electron chi connectivity index (χ0n) is 10.0. The molecule has 5 heteroatoms. The quantitative estimate of drug-likeness (QED) is 0.833. The zero-order valence-corrected chi connectivity index (χ0v) is 10.0. The number of carbonyl (C=O) groups is 1. The van der Waals surface area contributed by atoms with Crippen LogP contribution in [0.2, 0.25) is 0 Å². The van der Waals surface area contributed by atoms with Crippen molar-refractivity contribution in [2.45, 2.75) is 19.3 Å². The first-order valence-electron chi connectivity index (χ1n) is 6.00. The fourth-order valence-corrected chi connectivity index (χ4v) is 1.88. The van der Waals surface area contributed by atoms with Crippen LogP contribution < -0.4 is 11.1 Å². The van der Waals surface area contributed by atoms with Crippen molar-refractivity contribution in [2.24, 2.45) is 11.1 Å². The Morgan fingerprint density at radius 3 is 2.61 bits per heavy atom. The fourth-order valence-electron chi connectivity index (χ4n) is 1.88. The number of amides is 1. The van der Waals surface area contributed by atoms with Gasteiger partial charge in [-0.15, -0.1) is 0 Å². The van der Waals surface area contributed by atoms with Gasteiger partial charge in [-0.2, -0.15) is 0 Å². The minimum Gasteiger partial charge on any atom is -0.355 e. The first-order valence-corrected chi connectivity index (χ1v) is 6.00. The van der Waals surface area contributed by atoms with Crippen LogP contribution in [0.25, 0.3) is 0 Å². The molecule has 18 heavy (non-hydrogen) atoms. The molecule has 98 valence electrons. The molecule has 0 spiro atoms. The number of rotatable bonds is 5. The Labute approximate surface area is 104 Å². The van der Waals surface area contributed by atoms with Crippen LogP contribution in [-0.2, 0) is 11.2 Å². The summed E-state index contributed by atoms with van der Waals surface area (Å²) in [7, 11) is 0. The smallest absolute Gasteiger partial charge is 0.227 e. The van der Waals surface area contributed by atoms with Crippen molar-refractivity contribution in [2.75, 3.05) is 13.1 Å². The van der Waals surface area contributed by atoms with Crippen molar-refractivity contribution in [1.29, 1.82) is 0 Å². The summed E-state index contributed by atoms with van der Waals surface area (Å²) in [6.45, 7) is 0.773. The number of benzene rings is 1. The van der Waals surface area contributed by atoms with Crippen LogP contribution >= 0.6 is 0 Å². The van der Waals surface area contributed by atoms with Gasteiger partial charge in [0.1, 0.15) is 0 Å². The average Bonchev–Trinajstić information content (AvgIpc) is 3.14. The Morgan fingerprint density at radius 1 is 1.33 bits per heavy atom. The van der Waals surface area contributed by atoms with E-state index in [0.29, 0.717) is 25.1 Å². The summed E-state index contributed by atoms with van der Waals surface area (Å²) >= 11 is 0. The average molecular weight is 254 g/mol. The maximum absolute atomic E-state index is 12.9. The highest BCUT2D eigenvalue weighted by Crippen LogP contribution is 2.44. The Kier molecular flexibility index (Phi) is 3.61. The predicted octanol–water partition coefficient (Wildman–Crippen LogP) is 1.36. The number of hydrogen-bond donors (Lipinski definition) is 2. The van der Waals surface area contributed by atoms with Crippen LogP contribution in [0, 0.1) is 17.0 Å². The maximum atomic E-state index is 12.9. The first-order chi connectivity index (χ1) is 8.57. The molecule has 0 bridgehead atoms. The second-order valence-corrected chi connectivity index (χ2v) is 4.74. The van der Waals surface area contributed by atoms with Crippen LogP contribution in [0.5, 0.6) is 0 Å². The van der Waals surface area contributed by atoms with E-state index in [-0.39, 0.29) is 11.3 Å². The molecule has 1 fully saturated rings. The SMILES string of the molecule is NCC1(C(=O)NCCc2ccc(F)c(F)c2)CC1. The van der Waals surface area contributed by atoms with Gasteiger partial charge in [0.25, 0.3) is 0 Å². The lowest BCUT2D eigenvalue weighted by molar-refractivity contribution is -0.125. The molecule has 0 saturated heterocycles. The number of nitrogens with two attached hydrogens (primary N) is 1. The lowest BCUT2D eigenvalue weighted by atomic mass is 10.1. The fraction of sp³-hybridized carbons (Fsp3) is 0.462. The van der Waals surface area contributed by atoms with Gasteiger partial charge in [-0.25, -0.2) is 8.78 Å². The normalized spacial score (nSPS) is 16.4. The maximum Gasteiger partial charge on any atom is 0.227 e. The van der Waals surface area contributed by atoms with Gasteiger partial charge >= 0.3 is 0 Å². The van der Waals surface area contributed by atoms with Crippen molar-refractivity contribution in [3.05, 3.63) is 35.4 Å². The lowest BCUT2D eigenvalue weighted by Crippen LogP contribution is -2.37. The van der Waals surface area contributed by atoms with Gasteiger partial charge in [-0.05, 0) is 37.0 Å². The Bertz CT molecular complexity index is 458. The summed E-state index contributed by atoms with van der Waals surface area (Å²) in [6.07, 6.45) is 2.14. The standard InChI is InChI=1S/C13H16F2N2O/c14-10-2-1-9(7-11(10)15)3-6-17-12(18)13(8-16)4-5-13/h1-2,7H,3-6,8,16H2,(H,17,18). The van der Waals surface area contributed by atoms with Gasteiger partial charge in [0.05, 0.1) is 5.41 Å². The highest BCUT2D eigenvalue weighted by atomic mass is 19.2. The topological polar surface area (TPSA) is 55.1 Å². The Balaban J connectivity index is 1.82. The van der Waals surface area contributed by atoms with E-state index in [2.05, 4.69) is 5.32 Å². The molecule has 1 aliphatic carbocycles. The lowest BCUT2D eigenvalue weighted by Gasteiger charge is -2.12. The van der Waals surface area contributed by atoms with Crippen molar-refractivity contribution in [3.63, 3.8) is 0 Å². The summed E-state index contributed by atoms with van der Waals surface area (Å²) in [5.41, 5.74) is 5.83. The largest absolute Gasteiger partial charge is 0.355 e. The molecule has 0 atom stereocenters. The highest BCUT2D eigenvalue weighted by Gasteiger charge is 2.48. The molecule has 0 unspecified atom stereocenters. The van der Waals surface area contributed by atoms with Gasteiger partial charge in [0.15, 0.2) is 11.6 Å². The van der Waals surface area contributed by atoms with Gasteiger partial charge in [0.2, 0.25) is 5.91 Å². The molecule has 1 amide bonds. The molecular formula is C13H16F2N2O. The second kappa shape index (κ2) is 5.02. The molecule has 3 nitrogen and oxygen atoms in total. The van der Waals surface area contributed by atoms with E-state index in [1.165, 1.54) is 6.07 Å². The predicted molar refractivity (Wildman–Crippen MR) is 63.8 cm³/mol. The third-order valence-corrected chi connectivity index (χ3v) is 3.41. The first kappa shape index (κ1) is 13.0. The molecule has 2 rings (SSSR count). The van der Waals surface area contributed by atoms with Crippen LogP contribution in [0.3, 0.4) is 0 Å². The molecule has 1 aromatic carbocycles. The number of hydrogen-bond acceptors (Lipinski definition) is 2.